The van der Waals surface area contributed by atoms with E-state index in [4.69, 9.17) is 10.9 Å². The maximum atomic E-state index is 13.1. The van der Waals surface area contributed by atoms with E-state index in [1.54, 1.807) is 26.8 Å². The maximum Gasteiger partial charge on any atom is 0.235 e. The summed E-state index contributed by atoms with van der Waals surface area (Å²) in [5.74, 6) is -1.95. The maximum absolute atomic E-state index is 13.1. The van der Waals surface area contributed by atoms with Crippen molar-refractivity contribution in [1.82, 2.24) is 0 Å². The molecule has 0 aliphatic rings. The number of nitrogens with zero attached hydrogens (tertiary/aromatic N) is 1. The van der Waals surface area contributed by atoms with E-state index in [0.29, 0.717) is 5.69 Å². The molecule has 1 aromatic carbocycles. The number of halogens is 1. The lowest BCUT2D eigenvalue weighted by Crippen LogP contribution is -2.38. The molecule has 4 N–H and O–H groups in total. The molecular formula is C13H18FN3O2. The van der Waals surface area contributed by atoms with E-state index in [9.17, 15) is 9.18 Å². The standard InChI is InChI=1S/C13H18FN3O2/c1-7(2)11(12(15)17-19)13(18)16-10-6-9(14)5-4-8(10)3/h4-7,11,19H,1-3H3,(H2,15,17)(H,16,18). The first-order valence-electron chi connectivity index (χ1n) is 5.91. The molecular weight excluding hydrogens is 249 g/mol. The zero-order valence-corrected chi connectivity index (χ0v) is 11.1. The third-order valence-corrected chi connectivity index (χ3v) is 2.84. The first-order valence-corrected chi connectivity index (χ1v) is 5.91. The number of anilines is 1. The van der Waals surface area contributed by atoms with Gasteiger partial charge in [0.2, 0.25) is 5.91 Å². The lowest BCUT2D eigenvalue weighted by atomic mass is 9.93. The van der Waals surface area contributed by atoms with E-state index in [-0.39, 0.29) is 11.8 Å². The average molecular weight is 267 g/mol. The number of amidine groups is 1. The van der Waals surface area contributed by atoms with Crippen LogP contribution in [-0.2, 0) is 4.79 Å². The fourth-order valence-electron chi connectivity index (χ4n) is 1.78. The van der Waals surface area contributed by atoms with Crippen molar-refractivity contribution in [3.05, 3.63) is 29.6 Å². The van der Waals surface area contributed by atoms with Gasteiger partial charge in [-0.25, -0.2) is 4.39 Å². The van der Waals surface area contributed by atoms with Crippen LogP contribution in [-0.4, -0.2) is 17.0 Å². The van der Waals surface area contributed by atoms with Crippen LogP contribution < -0.4 is 11.1 Å². The molecule has 0 heterocycles. The number of oxime groups is 1. The van der Waals surface area contributed by atoms with E-state index in [0.717, 1.165) is 5.56 Å². The van der Waals surface area contributed by atoms with E-state index in [2.05, 4.69) is 10.5 Å². The molecule has 5 nitrogen and oxygen atoms in total. The van der Waals surface area contributed by atoms with Crippen molar-refractivity contribution >= 4 is 17.4 Å². The minimum Gasteiger partial charge on any atom is -0.409 e. The lowest BCUT2D eigenvalue weighted by Gasteiger charge is -2.19. The van der Waals surface area contributed by atoms with Crippen molar-refractivity contribution in [1.29, 1.82) is 0 Å². The van der Waals surface area contributed by atoms with Gasteiger partial charge in [-0.1, -0.05) is 25.1 Å². The minimum atomic E-state index is -0.771. The average Bonchev–Trinajstić information content (AvgIpc) is 2.33. The molecule has 104 valence electrons. The Kier molecular flexibility index (Phi) is 4.86. The van der Waals surface area contributed by atoms with Gasteiger partial charge in [0, 0.05) is 5.69 Å². The van der Waals surface area contributed by atoms with Crippen LogP contribution in [0.3, 0.4) is 0 Å². The number of rotatable bonds is 4. The minimum absolute atomic E-state index is 0.148. The number of hydrogen-bond donors (Lipinski definition) is 3. The molecule has 0 bridgehead atoms. The van der Waals surface area contributed by atoms with Gasteiger partial charge >= 0.3 is 0 Å². The Hall–Kier alpha value is -2.11. The van der Waals surface area contributed by atoms with Crippen LogP contribution in [0.25, 0.3) is 0 Å². The highest BCUT2D eigenvalue weighted by atomic mass is 19.1. The summed E-state index contributed by atoms with van der Waals surface area (Å²) in [6, 6.07) is 4.12. The first-order chi connectivity index (χ1) is 8.86. The van der Waals surface area contributed by atoms with Crippen LogP contribution in [0, 0.1) is 24.6 Å². The Morgan fingerprint density at radius 3 is 2.63 bits per heavy atom. The topological polar surface area (TPSA) is 87.7 Å². The molecule has 0 saturated heterocycles. The summed E-state index contributed by atoms with van der Waals surface area (Å²) in [6.45, 7) is 5.31. The number of amides is 1. The SMILES string of the molecule is Cc1ccc(F)cc1NC(=O)C(C(N)=NO)C(C)C. The molecule has 0 fully saturated rings. The fourth-order valence-corrected chi connectivity index (χ4v) is 1.78. The molecule has 1 rings (SSSR count). The molecule has 1 amide bonds. The van der Waals surface area contributed by atoms with Crippen molar-refractivity contribution in [2.45, 2.75) is 20.8 Å². The summed E-state index contributed by atoms with van der Waals surface area (Å²) in [5.41, 5.74) is 6.62. The highest BCUT2D eigenvalue weighted by molar-refractivity contribution is 6.08. The smallest absolute Gasteiger partial charge is 0.235 e. The van der Waals surface area contributed by atoms with Gasteiger partial charge in [-0.3, -0.25) is 4.79 Å². The van der Waals surface area contributed by atoms with Gasteiger partial charge in [0.1, 0.15) is 11.7 Å². The Labute approximate surface area is 111 Å². The highest BCUT2D eigenvalue weighted by Gasteiger charge is 2.27. The third-order valence-electron chi connectivity index (χ3n) is 2.84. The van der Waals surface area contributed by atoms with E-state index in [1.807, 2.05) is 0 Å². The number of hydrogen-bond acceptors (Lipinski definition) is 3. The molecule has 0 radical (unpaired) electrons. The second kappa shape index (κ2) is 6.17. The van der Waals surface area contributed by atoms with Gasteiger partial charge < -0.3 is 16.3 Å². The van der Waals surface area contributed by atoms with Crippen LogP contribution in [0.1, 0.15) is 19.4 Å². The predicted molar refractivity (Wildman–Crippen MR) is 71.5 cm³/mol. The van der Waals surface area contributed by atoms with Gasteiger partial charge in [0.15, 0.2) is 5.84 Å². The molecule has 19 heavy (non-hydrogen) atoms. The monoisotopic (exact) mass is 267 g/mol. The van der Waals surface area contributed by atoms with Gasteiger partial charge in [-0.15, -0.1) is 0 Å². The largest absolute Gasteiger partial charge is 0.409 e. The number of nitrogens with one attached hydrogen (secondary N) is 1. The Morgan fingerprint density at radius 2 is 2.11 bits per heavy atom. The van der Waals surface area contributed by atoms with Crippen LogP contribution in [0.5, 0.6) is 0 Å². The Bertz CT molecular complexity index is 501. The molecule has 0 saturated carbocycles. The summed E-state index contributed by atoms with van der Waals surface area (Å²) < 4.78 is 13.1. The van der Waals surface area contributed by atoms with Crippen LogP contribution in [0.4, 0.5) is 10.1 Å². The Morgan fingerprint density at radius 1 is 1.47 bits per heavy atom. The summed E-state index contributed by atoms with van der Waals surface area (Å²) >= 11 is 0. The second-order valence-electron chi connectivity index (χ2n) is 4.70. The Balaban J connectivity index is 2.97. The van der Waals surface area contributed by atoms with Gasteiger partial charge in [-0.05, 0) is 30.5 Å². The summed E-state index contributed by atoms with van der Waals surface area (Å²) in [7, 11) is 0. The predicted octanol–water partition coefficient (Wildman–Crippen LogP) is 2.09. The second-order valence-corrected chi connectivity index (χ2v) is 4.70. The van der Waals surface area contributed by atoms with Gasteiger partial charge in [-0.2, -0.15) is 0 Å². The van der Waals surface area contributed by atoms with Gasteiger partial charge in [0.25, 0.3) is 0 Å². The molecule has 0 aliphatic carbocycles. The number of aryl methyl sites for hydroxylation is 1. The number of carbonyl (C=O) groups excluding carboxylic acids is 1. The normalized spacial score (nSPS) is 13.4. The van der Waals surface area contributed by atoms with Crippen molar-refractivity contribution in [3.63, 3.8) is 0 Å². The van der Waals surface area contributed by atoms with Crippen LogP contribution in [0.15, 0.2) is 23.4 Å². The fraction of sp³-hybridized carbons (Fsp3) is 0.385. The molecule has 1 unspecified atom stereocenters. The zero-order chi connectivity index (χ0) is 14.6. The lowest BCUT2D eigenvalue weighted by molar-refractivity contribution is -0.119. The van der Waals surface area contributed by atoms with Crippen molar-refractivity contribution in [2.75, 3.05) is 5.32 Å². The quantitative estimate of drug-likeness (QED) is 0.338. The molecule has 0 aliphatic heterocycles. The molecule has 1 atom stereocenters. The van der Waals surface area contributed by atoms with Gasteiger partial charge in [0.05, 0.1) is 0 Å². The summed E-state index contributed by atoms with van der Waals surface area (Å²) in [5, 5.41) is 14.2. The highest BCUT2D eigenvalue weighted by Crippen LogP contribution is 2.19. The molecule has 1 aromatic rings. The molecule has 0 aromatic heterocycles. The molecule has 6 heteroatoms. The van der Waals surface area contributed by atoms with Crippen molar-refractivity contribution in [3.8, 4) is 0 Å². The number of nitrogens with two attached hydrogens (primary N) is 1. The van der Waals surface area contributed by atoms with E-state index < -0.39 is 17.6 Å². The van der Waals surface area contributed by atoms with E-state index >= 15 is 0 Å². The number of carbonyl (C=O) groups is 1. The van der Waals surface area contributed by atoms with E-state index in [1.165, 1.54) is 12.1 Å². The van der Waals surface area contributed by atoms with Crippen LogP contribution in [0.2, 0.25) is 0 Å². The summed E-state index contributed by atoms with van der Waals surface area (Å²) in [6.07, 6.45) is 0. The first kappa shape index (κ1) is 14.9. The van der Waals surface area contributed by atoms with Crippen molar-refractivity contribution in [2.24, 2.45) is 22.7 Å². The third kappa shape index (κ3) is 3.67. The van der Waals surface area contributed by atoms with Crippen molar-refractivity contribution < 1.29 is 14.4 Å². The van der Waals surface area contributed by atoms with Crippen LogP contribution >= 0.6 is 0 Å². The number of benzene rings is 1. The summed E-state index contributed by atoms with van der Waals surface area (Å²) in [4.78, 5) is 12.1. The zero-order valence-electron chi connectivity index (χ0n) is 11.1. The molecule has 0 spiro atoms.